The standard InChI is InChI=1S/C13H24N2O2/c1-2-14-8-10-15(11-9-14)7-6-13(12(16)17)4-3-5-13/h2-11H2,1H3,(H,16,17). The van der Waals surface area contributed by atoms with Crippen LogP contribution in [0.25, 0.3) is 0 Å². The van der Waals surface area contributed by atoms with Crippen molar-refractivity contribution in [1.29, 1.82) is 0 Å². The lowest BCUT2D eigenvalue weighted by molar-refractivity contribution is -0.155. The molecule has 2 fully saturated rings. The van der Waals surface area contributed by atoms with Crippen molar-refractivity contribution < 1.29 is 9.90 Å². The highest BCUT2D eigenvalue weighted by atomic mass is 16.4. The van der Waals surface area contributed by atoms with Crippen molar-refractivity contribution in [2.75, 3.05) is 39.3 Å². The zero-order valence-corrected chi connectivity index (χ0v) is 10.8. The van der Waals surface area contributed by atoms with Crippen LogP contribution in [0.2, 0.25) is 0 Å². The predicted molar refractivity (Wildman–Crippen MR) is 67.1 cm³/mol. The van der Waals surface area contributed by atoms with Crippen molar-refractivity contribution in [3.63, 3.8) is 0 Å². The summed E-state index contributed by atoms with van der Waals surface area (Å²) in [5, 5.41) is 9.27. The Kier molecular flexibility index (Phi) is 4.05. The lowest BCUT2D eigenvalue weighted by atomic mass is 9.66. The number of hydrogen-bond donors (Lipinski definition) is 1. The number of aliphatic carboxylic acids is 1. The van der Waals surface area contributed by atoms with Crippen LogP contribution < -0.4 is 0 Å². The normalized spacial score (nSPS) is 25.5. The number of nitrogens with zero attached hydrogens (tertiary/aromatic N) is 2. The first kappa shape index (κ1) is 12.8. The number of rotatable bonds is 5. The van der Waals surface area contributed by atoms with Gasteiger partial charge in [-0.2, -0.15) is 0 Å². The molecule has 1 saturated carbocycles. The van der Waals surface area contributed by atoms with E-state index in [4.69, 9.17) is 0 Å². The van der Waals surface area contributed by atoms with Gasteiger partial charge < -0.3 is 14.9 Å². The molecule has 4 nitrogen and oxygen atoms in total. The molecule has 98 valence electrons. The maximum absolute atomic E-state index is 11.2. The summed E-state index contributed by atoms with van der Waals surface area (Å²) in [7, 11) is 0. The Hall–Kier alpha value is -0.610. The van der Waals surface area contributed by atoms with Crippen LogP contribution in [0.15, 0.2) is 0 Å². The Bertz CT molecular complexity index is 269. The van der Waals surface area contributed by atoms with E-state index in [1.807, 2.05) is 0 Å². The van der Waals surface area contributed by atoms with E-state index in [0.717, 1.165) is 65.0 Å². The summed E-state index contributed by atoms with van der Waals surface area (Å²) in [5.41, 5.74) is -0.373. The monoisotopic (exact) mass is 240 g/mol. The van der Waals surface area contributed by atoms with Crippen molar-refractivity contribution in [3.8, 4) is 0 Å². The molecule has 2 aliphatic rings. The lowest BCUT2D eigenvalue weighted by Gasteiger charge is -2.40. The highest BCUT2D eigenvalue weighted by Gasteiger charge is 2.44. The third-order valence-corrected chi connectivity index (χ3v) is 4.58. The Balaban J connectivity index is 1.73. The maximum atomic E-state index is 11.2. The molecule has 0 bridgehead atoms. The zero-order chi connectivity index (χ0) is 12.3. The fourth-order valence-electron chi connectivity index (χ4n) is 2.88. The molecule has 1 heterocycles. The van der Waals surface area contributed by atoms with Gasteiger partial charge in [0.2, 0.25) is 0 Å². The fourth-order valence-corrected chi connectivity index (χ4v) is 2.88. The minimum absolute atomic E-state index is 0.373. The highest BCUT2D eigenvalue weighted by molar-refractivity contribution is 5.75. The van der Waals surface area contributed by atoms with Gasteiger partial charge in [-0.3, -0.25) is 4.79 Å². The third kappa shape index (κ3) is 2.80. The van der Waals surface area contributed by atoms with Gasteiger partial charge in [0.15, 0.2) is 0 Å². The van der Waals surface area contributed by atoms with Crippen LogP contribution in [0.5, 0.6) is 0 Å². The number of piperazine rings is 1. The van der Waals surface area contributed by atoms with E-state index in [2.05, 4.69) is 16.7 Å². The van der Waals surface area contributed by atoms with Gasteiger partial charge >= 0.3 is 5.97 Å². The second kappa shape index (κ2) is 5.36. The molecule has 0 spiro atoms. The molecule has 1 aliphatic heterocycles. The average Bonchev–Trinajstić information content (AvgIpc) is 2.28. The SMILES string of the molecule is CCN1CCN(CCC2(C(=O)O)CCC2)CC1. The van der Waals surface area contributed by atoms with Gasteiger partial charge in [0.05, 0.1) is 5.41 Å². The Morgan fingerprint density at radius 1 is 1.18 bits per heavy atom. The molecular formula is C13H24N2O2. The number of likely N-dealkylation sites (N-methyl/N-ethyl adjacent to an activating group) is 1. The molecule has 0 aromatic carbocycles. The van der Waals surface area contributed by atoms with Gasteiger partial charge in [0.1, 0.15) is 0 Å². The first-order chi connectivity index (χ1) is 8.16. The van der Waals surface area contributed by atoms with Gasteiger partial charge in [0, 0.05) is 26.2 Å². The molecule has 2 rings (SSSR count). The lowest BCUT2D eigenvalue weighted by Crippen LogP contribution is -2.48. The minimum Gasteiger partial charge on any atom is -0.481 e. The third-order valence-electron chi connectivity index (χ3n) is 4.58. The number of carbonyl (C=O) groups is 1. The molecule has 0 unspecified atom stereocenters. The van der Waals surface area contributed by atoms with Crippen LogP contribution in [0.1, 0.15) is 32.6 Å². The van der Waals surface area contributed by atoms with Crippen molar-refractivity contribution in [2.24, 2.45) is 5.41 Å². The van der Waals surface area contributed by atoms with E-state index in [1.54, 1.807) is 0 Å². The van der Waals surface area contributed by atoms with Gasteiger partial charge in [-0.25, -0.2) is 0 Å². The summed E-state index contributed by atoms with van der Waals surface area (Å²) in [4.78, 5) is 16.1. The number of carboxylic acid groups (broad SMARTS) is 1. The van der Waals surface area contributed by atoms with Crippen LogP contribution in [0.3, 0.4) is 0 Å². The van der Waals surface area contributed by atoms with E-state index >= 15 is 0 Å². The number of carboxylic acids is 1. The average molecular weight is 240 g/mol. The Morgan fingerprint density at radius 3 is 2.18 bits per heavy atom. The first-order valence-electron chi connectivity index (χ1n) is 6.84. The molecular weight excluding hydrogens is 216 g/mol. The fraction of sp³-hybridized carbons (Fsp3) is 0.923. The smallest absolute Gasteiger partial charge is 0.309 e. The van der Waals surface area contributed by atoms with E-state index < -0.39 is 5.97 Å². The van der Waals surface area contributed by atoms with Gasteiger partial charge in [-0.1, -0.05) is 13.3 Å². The number of hydrogen-bond acceptors (Lipinski definition) is 3. The molecule has 0 atom stereocenters. The quantitative estimate of drug-likeness (QED) is 0.786. The van der Waals surface area contributed by atoms with Crippen molar-refractivity contribution in [2.45, 2.75) is 32.6 Å². The summed E-state index contributed by atoms with van der Waals surface area (Å²) in [6.07, 6.45) is 3.71. The summed E-state index contributed by atoms with van der Waals surface area (Å²) in [6.45, 7) is 8.76. The van der Waals surface area contributed by atoms with Crippen LogP contribution in [0, 0.1) is 5.41 Å². The Morgan fingerprint density at radius 2 is 1.76 bits per heavy atom. The molecule has 0 aromatic rings. The van der Waals surface area contributed by atoms with E-state index in [-0.39, 0.29) is 5.41 Å². The van der Waals surface area contributed by atoms with Crippen molar-refractivity contribution in [3.05, 3.63) is 0 Å². The highest BCUT2D eigenvalue weighted by Crippen LogP contribution is 2.44. The minimum atomic E-state index is -0.573. The molecule has 1 N–H and O–H groups in total. The van der Waals surface area contributed by atoms with Crippen LogP contribution in [0.4, 0.5) is 0 Å². The molecule has 0 aromatic heterocycles. The van der Waals surface area contributed by atoms with Crippen LogP contribution in [-0.4, -0.2) is 60.1 Å². The van der Waals surface area contributed by atoms with Gasteiger partial charge in [-0.05, 0) is 32.4 Å². The molecule has 1 saturated heterocycles. The van der Waals surface area contributed by atoms with Crippen LogP contribution in [-0.2, 0) is 4.79 Å². The summed E-state index contributed by atoms with van der Waals surface area (Å²) < 4.78 is 0. The topological polar surface area (TPSA) is 43.8 Å². The van der Waals surface area contributed by atoms with Crippen molar-refractivity contribution in [1.82, 2.24) is 9.80 Å². The predicted octanol–water partition coefficient (Wildman–Crippen LogP) is 1.27. The first-order valence-corrected chi connectivity index (χ1v) is 6.84. The largest absolute Gasteiger partial charge is 0.481 e. The second-order valence-electron chi connectivity index (χ2n) is 5.46. The van der Waals surface area contributed by atoms with Gasteiger partial charge in [-0.15, -0.1) is 0 Å². The van der Waals surface area contributed by atoms with Gasteiger partial charge in [0.25, 0.3) is 0 Å². The maximum Gasteiger partial charge on any atom is 0.309 e. The van der Waals surface area contributed by atoms with E-state index in [0.29, 0.717) is 0 Å². The molecule has 17 heavy (non-hydrogen) atoms. The molecule has 0 radical (unpaired) electrons. The molecule has 0 amide bonds. The summed E-state index contributed by atoms with van der Waals surface area (Å²) in [6, 6.07) is 0. The summed E-state index contributed by atoms with van der Waals surface area (Å²) in [5.74, 6) is -0.573. The zero-order valence-electron chi connectivity index (χ0n) is 10.8. The second-order valence-corrected chi connectivity index (χ2v) is 5.46. The van der Waals surface area contributed by atoms with Crippen LogP contribution >= 0.6 is 0 Å². The summed E-state index contributed by atoms with van der Waals surface area (Å²) >= 11 is 0. The van der Waals surface area contributed by atoms with E-state index in [9.17, 15) is 9.90 Å². The van der Waals surface area contributed by atoms with Crippen molar-refractivity contribution >= 4 is 5.97 Å². The molecule has 4 heteroatoms. The molecule has 1 aliphatic carbocycles. The Labute approximate surface area is 104 Å². The van der Waals surface area contributed by atoms with E-state index in [1.165, 1.54) is 0 Å².